The maximum Gasteiger partial charge on any atom is 0.222 e. The molecule has 4 nitrogen and oxygen atoms in total. The quantitative estimate of drug-likeness (QED) is 0.812. The van der Waals surface area contributed by atoms with Crippen molar-refractivity contribution >= 4 is 5.91 Å². The highest BCUT2D eigenvalue weighted by atomic mass is 16.5. The van der Waals surface area contributed by atoms with Crippen molar-refractivity contribution in [2.24, 2.45) is 11.8 Å². The van der Waals surface area contributed by atoms with E-state index in [1.54, 1.807) is 0 Å². The molecule has 0 radical (unpaired) electrons. The first-order chi connectivity index (χ1) is 9.65. The molecule has 0 aromatic carbocycles. The van der Waals surface area contributed by atoms with Crippen molar-refractivity contribution in [2.75, 3.05) is 19.7 Å². The number of ether oxygens (including phenoxy) is 1. The monoisotopic (exact) mass is 282 g/mol. The zero-order chi connectivity index (χ0) is 14.4. The molecular formula is C16H30N2O2. The normalized spacial score (nSPS) is 32.0. The minimum Gasteiger partial charge on any atom is -0.378 e. The Kier molecular flexibility index (Phi) is 6.30. The largest absolute Gasteiger partial charge is 0.378 e. The van der Waals surface area contributed by atoms with Gasteiger partial charge in [-0.25, -0.2) is 0 Å². The number of rotatable bonds is 5. The number of hydrogen-bond donors (Lipinski definition) is 2. The summed E-state index contributed by atoms with van der Waals surface area (Å²) in [7, 11) is 0. The average Bonchev–Trinajstić information content (AvgIpc) is 2.44. The fourth-order valence-electron chi connectivity index (χ4n) is 3.26. The van der Waals surface area contributed by atoms with Crippen molar-refractivity contribution in [3.05, 3.63) is 0 Å². The van der Waals surface area contributed by atoms with Gasteiger partial charge >= 0.3 is 0 Å². The van der Waals surface area contributed by atoms with Crippen LogP contribution in [-0.2, 0) is 9.53 Å². The van der Waals surface area contributed by atoms with Gasteiger partial charge in [-0.15, -0.1) is 0 Å². The van der Waals surface area contributed by atoms with Crippen LogP contribution in [0.25, 0.3) is 0 Å². The molecule has 0 bridgehead atoms. The van der Waals surface area contributed by atoms with Crippen LogP contribution in [0.15, 0.2) is 0 Å². The fourth-order valence-corrected chi connectivity index (χ4v) is 3.26. The second kappa shape index (κ2) is 7.99. The number of carbonyl (C=O) groups is 1. The Labute approximate surface area is 123 Å². The molecule has 3 atom stereocenters. The molecule has 1 heterocycles. The Bertz CT molecular complexity index is 303. The fraction of sp³-hybridized carbons (Fsp3) is 0.938. The lowest BCUT2D eigenvalue weighted by molar-refractivity contribution is -0.123. The molecule has 1 amide bonds. The van der Waals surface area contributed by atoms with E-state index in [9.17, 15) is 4.79 Å². The van der Waals surface area contributed by atoms with E-state index in [1.165, 1.54) is 6.42 Å². The second-order valence-corrected chi connectivity index (χ2v) is 6.60. The summed E-state index contributed by atoms with van der Waals surface area (Å²) in [4.78, 5) is 11.9. The van der Waals surface area contributed by atoms with Gasteiger partial charge in [0.1, 0.15) is 0 Å². The zero-order valence-corrected chi connectivity index (χ0v) is 13.0. The summed E-state index contributed by atoms with van der Waals surface area (Å²) in [5, 5.41) is 6.49. The zero-order valence-electron chi connectivity index (χ0n) is 13.0. The minimum absolute atomic E-state index is 0.158. The first-order valence-electron chi connectivity index (χ1n) is 8.27. The molecule has 1 saturated heterocycles. The maximum atomic E-state index is 11.9. The molecule has 2 N–H and O–H groups in total. The van der Waals surface area contributed by atoms with E-state index in [-0.39, 0.29) is 5.91 Å². The van der Waals surface area contributed by atoms with Crippen LogP contribution in [-0.4, -0.2) is 37.7 Å². The van der Waals surface area contributed by atoms with Gasteiger partial charge in [0, 0.05) is 12.5 Å². The van der Waals surface area contributed by atoms with Crippen molar-refractivity contribution in [1.82, 2.24) is 10.6 Å². The van der Waals surface area contributed by atoms with Gasteiger partial charge in [0.05, 0.1) is 12.7 Å². The highest BCUT2D eigenvalue weighted by Crippen LogP contribution is 2.29. The lowest BCUT2D eigenvalue weighted by Gasteiger charge is -2.32. The molecule has 2 aliphatic rings. The summed E-state index contributed by atoms with van der Waals surface area (Å²) in [6.07, 6.45) is 6.48. The molecule has 1 saturated carbocycles. The Morgan fingerprint density at radius 3 is 2.60 bits per heavy atom. The van der Waals surface area contributed by atoms with Crippen LogP contribution < -0.4 is 10.6 Å². The molecule has 0 aromatic heterocycles. The Morgan fingerprint density at radius 1 is 1.15 bits per heavy atom. The molecule has 1 aliphatic heterocycles. The number of amides is 1. The number of nitrogens with one attached hydrogen (secondary N) is 2. The SMILES string of the molecule is CC1CCC(NC(=O)CCOC2CCNCC2)CC1C. The van der Waals surface area contributed by atoms with Crippen LogP contribution in [0.4, 0.5) is 0 Å². The topological polar surface area (TPSA) is 50.4 Å². The van der Waals surface area contributed by atoms with Crippen LogP contribution in [0.2, 0.25) is 0 Å². The van der Waals surface area contributed by atoms with Crippen LogP contribution >= 0.6 is 0 Å². The summed E-state index contributed by atoms with van der Waals surface area (Å²) in [5.74, 6) is 1.68. The lowest BCUT2D eigenvalue weighted by atomic mass is 9.79. The first kappa shape index (κ1) is 15.8. The molecule has 2 fully saturated rings. The summed E-state index contributed by atoms with van der Waals surface area (Å²) < 4.78 is 5.78. The van der Waals surface area contributed by atoms with Gasteiger partial charge in [-0.05, 0) is 57.0 Å². The number of hydrogen-bond acceptors (Lipinski definition) is 3. The maximum absolute atomic E-state index is 11.9. The highest BCUT2D eigenvalue weighted by molar-refractivity contribution is 5.76. The minimum atomic E-state index is 0.158. The van der Waals surface area contributed by atoms with E-state index in [1.807, 2.05) is 0 Å². The summed E-state index contributed by atoms with van der Waals surface area (Å²) in [5.41, 5.74) is 0. The van der Waals surface area contributed by atoms with Crippen LogP contribution in [0.5, 0.6) is 0 Å². The van der Waals surface area contributed by atoms with E-state index >= 15 is 0 Å². The third-order valence-electron chi connectivity index (χ3n) is 4.93. The van der Waals surface area contributed by atoms with Crippen molar-refractivity contribution in [3.63, 3.8) is 0 Å². The van der Waals surface area contributed by atoms with Crippen LogP contribution in [0, 0.1) is 11.8 Å². The van der Waals surface area contributed by atoms with Crippen molar-refractivity contribution < 1.29 is 9.53 Å². The predicted molar refractivity (Wildman–Crippen MR) is 80.6 cm³/mol. The smallest absolute Gasteiger partial charge is 0.222 e. The highest BCUT2D eigenvalue weighted by Gasteiger charge is 2.25. The second-order valence-electron chi connectivity index (χ2n) is 6.60. The summed E-state index contributed by atoms with van der Waals surface area (Å²) in [6, 6.07) is 0.382. The lowest BCUT2D eigenvalue weighted by Crippen LogP contribution is -2.40. The van der Waals surface area contributed by atoms with Gasteiger partial charge in [-0.3, -0.25) is 4.79 Å². The van der Waals surface area contributed by atoms with Crippen molar-refractivity contribution in [2.45, 2.75) is 64.5 Å². The molecular weight excluding hydrogens is 252 g/mol. The van der Waals surface area contributed by atoms with Gasteiger partial charge in [-0.2, -0.15) is 0 Å². The Balaban J connectivity index is 1.58. The first-order valence-corrected chi connectivity index (χ1v) is 8.27. The number of carbonyl (C=O) groups excluding carboxylic acids is 1. The third-order valence-corrected chi connectivity index (χ3v) is 4.93. The van der Waals surface area contributed by atoms with E-state index < -0.39 is 0 Å². The average molecular weight is 282 g/mol. The van der Waals surface area contributed by atoms with Crippen LogP contribution in [0.1, 0.15) is 52.4 Å². The van der Waals surface area contributed by atoms with E-state index in [4.69, 9.17) is 4.74 Å². The molecule has 3 unspecified atom stereocenters. The number of piperidine rings is 1. The molecule has 4 heteroatoms. The molecule has 0 aromatic rings. The van der Waals surface area contributed by atoms with E-state index in [0.717, 1.165) is 50.6 Å². The standard InChI is InChI=1S/C16H30N2O2/c1-12-3-4-14(11-13(12)2)18-16(19)7-10-20-15-5-8-17-9-6-15/h12-15,17H,3-11H2,1-2H3,(H,18,19). The van der Waals surface area contributed by atoms with E-state index in [0.29, 0.717) is 25.2 Å². The van der Waals surface area contributed by atoms with Gasteiger partial charge in [0.15, 0.2) is 0 Å². The van der Waals surface area contributed by atoms with Crippen LogP contribution in [0.3, 0.4) is 0 Å². The molecule has 0 spiro atoms. The molecule has 1 aliphatic carbocycles. The van der Waals surface area contributed by atoms with Crippen molar-refractivity contribution in [1.29, 1.82) is 0 Å². The third kappa shape index (κ3) is 5.06. The van der Waals surface area contributed by atoms with Gasteiger partial charge < -0.3 is 15.4 Å². The molecule has 20 heavy (non-hydrogen) atoms. The predicted octanol–water partition coefficient (Wildman–Crippen LogP) is 2.09. The Morgan fingerprint density at radius 2 is 1.90 bits per heavy atom. The van der Waals surface area contributed by atoms with Gasteiger partial charge in [0.2, 0.25) is 5.91 Å². The van der Waals surface area contributed by atoms with E-state index in [2.05, 4.69) is 24.5 Å². The Hall–Kier alpha value is -0.610. The molecule has 2 rings (SSSR count). The van der Waals surface area contributed by atoms with Gasteiger partial charge in [0.25, 0.3) is 0 Å². The summed E-state index contributed by atoms with van der Waals surface area (Å²) >= 11 is 0. The van der Waals surface area contributed by atoms with Crippen molar-refractivity contribution in [3.8, 4) is 0 Å². The molecule has 116 valence electrons. The van der Waals surface area contributed by atoms with Gasteiger partial charge in [-0.1, -0.05) is 13.8 Å². The summed E-state index contributed by atoms with van der Waals surface area (Å²) in [6.45, 7) is 7.25.